The molecule has 58 valence electrons. The highest BCUT2D eigenvalue weighted by Crippen LogP contribution is 1.89. The molecule has 0 unspecified atom stereocenters. The third-order valence-corrected chi connectivity index (χ3v) is 0.971. The maximum absolute atomic E-state index is 10.6. The molecule has 0 saturated carbocycles. The van der Waals surface area contributed by atoms with Crippen LogP contribution in [-0.2, 0) is 0 Å². The topological polar surface area (TPSA) is 127 Å². The summed E-state index contributed by atoms with van der Waals surface area (Å²) in [5.41, 5.74) is -1.14. The molecule has 8 nitrogen and oxygen atoms in total. The summed E-state index contributed by atoms with van der Waals surface area (Å²) >= 11 is 0. The molecule has 0 aliphatic carbocycles. The van der Waals surface area contributed by atoms with Crippen LogP contribution in [-0.4, -0.2) is 10.3 Å². The van der Waals surface area contributed by atoms with Crippen LogP contribution in [0.5, 0.6) is 0 Å². The Morgan fingerprint density at radius 1 is 1.25 bits per heavy atom. The van der Waals surface area contributed by atoms with Crippen molar-refractivity contribution in [3.05, 3.63) is 21.8 Å². The van der Waals surface area contributed by atoms with E-state index < -0.39 is 11.4 Å². The Labute approximate surface area is 65.6 Å². The fraction of sp³-hybridized carbons (Fsp3) is 0. The van der Waals surface area contributed by atoms with Gasteiger partial charge in [0.15, 0.2) is 6.07 Å². The van der Waals surface area contributed by atoms with Crippen LogP contribution in [0.2, 0.25) is 0 Å². The predicted octanol–water partition coefficient (Wildman–Crippen LogP) is -2.51. The number of hydrogen-bond donors (Lipinski definition) is 0. The molecule has 8 heteroatoms. The molecule has 0 amide bonds. The number of aromatic nitrogens is 4. The molecule has 0 atom stereocenters. The lowest BCUT2D eigenvalue weighted by Crippen LogP contribution is -2.52. The quantitative estimate of drug-likeness (QED) is 0.307. The van der Waals surface area contributed by atoms with Gasteiger partial charge in [0, 0.05) is 4.85 Å². The van der Waals surface area contributed by atoms with E-state index in [0.29, 0.717) is 0 Å². The van der Waals surface area contributed by atoms with Crippen LogP contribution >= 0.6 is 0 Å². The Hall–Kier alpha value is -2.48. The Morgan fingerprint density at radius 3 is 2.42 bits per heavy atom. The molecule has 12 heavy (non-hydrogen) atoms. The van der Waals surface area contributed by atoms with Gasteiger partial charge >= 0.3 is 10.9 Å². The Bertz CT molecular complexity index is 401. The number of nitrogens with zero attached hydrogens (tertiary/aromatic N) is 6. The standard InChI is InChI=1S/C4N6O2/c5-1-3-4(2-6)9(11)8-10(12)7-3. The highest BCUT2D eigenvalue weighted by Gasteiger charge is 2.21. The van der Waals surface area contributed by atoms with Crippen molar-refractivity contribution >= 4 is 0 Å². The summed E-state index contributed by atoms with van der Waals surface area (Å²) in [5.74, 6) is 0. The summed E-state index contributed by atoms with van der Waals surface area (Å²) in [4.78, 5) is -0.578. The SMILES string of the molecule is N#Cc1n[n+]([O-])n[n+]([O-])c1C#N. The fourth-order valence-corrected chi connectivity index (χ4v) is 0.529. The first-order chi connectivity index (χ1) is 5.69. The van der Waals surface area contributed by atoms with Crippen LogP contribution < -0.4 is 9.80 Å². The van der Waals surface area contributed by atoms with E-state index in [0.717, 1.165) is 0 Å². The van der Waals surface area contributed by atoms with Crippen LogP contribution in [0.15, 0.2) is 0 Å². The van der Waals surface area contributed by atoms with E-state index in [1.807, 2.05) is 0 Å². The van der Waals surface area contributed by atoms with Gasteiger partial charge in [-0.05, 0) is 0 Å². The molecule has 1 heterocycles. The zero-order valence-electron chi connectivity index (χ0n) is 5.50. The van der Waals surface area contributed by atoms with E-state index >= 15 is 0 Å². The Morgan fingerprint density at radius 2 is 1.92 bits per heavy atom. The Balaban J connectivity index is 3.50. The molecular weight excluding hydrogens is 164 g/mol. The largest absolute Gasteiger partial charge is 0.589 e. The molecule has 1 aromatic heterocycles. The van der Waals surface area contributed by atoms with Crippen molar-refractivity contribution in [1.82, 2.24) is 10.3 Å². The van der Waals surface area contributed by atoms with Gasteiger partial charge in [0.1, 0.15) is 11.0 Å². The normalized spacial score (nSPS) is 8.50. The maximum Gasteiger partial charge on any atom is 0.370 e. The van der Waals surface area contributed by atoms with Gasteiger partial charge in [-0.3, -0.25) is 0 Å². The van der Waals surface area contributed by atoms with Crippen LogP contribution in [0.25, 0.3) is 0 Å². The van der Waals surface area contributed by atoms with E-state index in [1.165, 1.54) is 12.1 Å². The molecule has 0 spiro atoms. The number of hydrogen-bond acceptors (Lipinski definition) is 6. The molecule has 1 aromatic rings. The lowest BCUT2D eigenvalue weighted by atomic mass is 10.4. The van der Waals surface area contributed by atoms with Crippen LogP contribution in [0.4, 0.5) is 0 Å². The lowest BCUT2D eigenvalue weighted by Gasteiger charge is -1.91. The molecule has 1 rings (SSSR count). The minimum Gasteiger partial charge on any atom is -0.589 e. The van der Waals surface area contributed by atoms with Gasteiger partial charge < -0.3 is 10.4 Å². The number of rotatable bonds is 0. The summed E-state index contributed by atoms with van der Waals surface area (Å²) in [6.07, 6.45) is 0. The third-order valence-electron chi connectivity index (χ3n) is 0.971. The zero-order valence-corrected chi connectivity index (χ0v) is 5.50. The first-order valence-electron chi connectivity index (χ1n) is 2.61. The number of nitriles is 2. The van der Waals surface area contributed by atoms with Crippen LogP contribution in [0.3, 0.4) is 0 Å². The fourth-order valence-electron chi connectivity index (χ4n) is 0.529. The molecule has 0 N–H and O–H groups in total. The second-order valence-corrected chi connectivity index (χ2v) is 1.64. The molecule has 0 aliphatic heterocycles. The molecule has 0 saturated heterocycles. The minimum atomic E-state index is -0.593. The average molecular weight is 164 g/mol. The summed E-state index contributed by atoms with van der Waals surface area (Å²) in [6, 6.07) is 2.81. The lowest BCUT2D eigenvalue weighted by molar-refractivity contribution is -0.877. The average Bonchev–Trinajstić information content (AvgIpc) is 2.03. The zero-order chi connectivity index (χ0) is 9.14. The van der Waals surface area contributed by atoms with E-state index in [4.69, 9.17) is 10.5 Å². The van der Waals surface area contributed by atoms with Gasteiger partial charge in [0.25, 0.3) is 5.69 Å². The summed E-state index contributed by atoms with van der Waals surface area (Å²) in [6.45, 7) is 0. The van der Waals surface area contributed by atoms with Crippen molar-refractivity contribution in [2.24, 2.45) is 0 Å². The maximum atomic E-state index is 10.6. The second-order valence-electron chi connectivity index (χ2n) is 1.64. The molecule has 0 aromatic carbocycles. The van der Waals surface area contributed by atoms with Crippen molar-refractivity contribution in [2.45, 2.75) is 0 Å². The molecule has 0 radical (unpaired) electrons. The van der Waals surface area contributed by atoms with Crippen molar-refractivity contribution in [2.75, 3.05) is 0 Å². The third kappa shape index (κ3) is 1.04. The van der Waals surface area contributed by atoms with Crippen LogP contribution in [0, 0.1) is 33.1 Å². The van der Waals surface area contributed by atoms with Crippen molar-refractivity contribution in [3.63, 3.8) is 0 Å². The first-order valence-corrected chi connectivity index (χ1v) is 2.61. The van der Waals surface area contributed by atoms with Gasteiger partial charge in [-0.1, -0.05) is 0 Å². The second kappa shape index (κ2) is 2.64. The predicted molar refractivity (Wildman–Crippen MR) is 29.4 cm³/mol. The monoisotopic (exact) mass is 164 g/mol. The van der Waals surface area contributed by atoms with Gasteiger partial charge in [-0.2, -0.15) is 10.5 Å². The molecule has 0 fully saturated rings. The van der Waals surface area contributed by atoms with E-state index in [1.54, 1.807) is 0 Å². The molecular formula is C4N6O2. The summed E-state index contributed by atoms with van der Waals surface area (Å²) in [7, 11) is 0. The summed E-state index contributed by atoms with van der Waals surface area (Å²) in [5, 5.41) is 43.2. The minimum absolute atomic E-state index is 0.251. The summed E-state index contributed by atoms with van der Waals surface area (Å²) < 4.78 is 0. The highest BCUT2D eigenvalue weighted by atomic mass is 16.6. The highest BCUT2D eigenvalue weighted by molar-refractivity contribution is 5.29. The molecule has 0 aliphatic rings. The van der Waals surface area contributed by atoms with Crippen molar-refractivity contribution < 1.29 is 9.80 Å². The van der Waals surface area contributed by atoms with Gasteiger partial charge in [0.2, 0.25) is 0 Å². The van der Waals surface area contributed by atoms with Gasteiger partial charge in [-0.25, -0.2) is 0 Å². The smallest absolute Gasteiger partial charge is 0.370 e. The van der Waals surface area contributed by atoms with Crippen molar-refractivity contribution in [3.8, 4) is 12.1 Å². The van der Waals surface area contributed by atoms with Gasteiger partial charge in [0.05, 0.1) is 5.10 Å². The van der Waals surface area contributed by atoms with Gasteiger partial charge in [-0.15, -0.1) is 0 Å². The van der Waals surface area contributed by atoms with E-state index in [-0.39, 0.29) is 9.80 Å². The van der Waals surface area contributed by atoms with E-state index in [9.17, 15) is 10.4 Å². The van der Waals surface area contributed by atoms with Crippen molar-refractivity contribution in [1.29, 1.82) is 10.5 Å². The van der Waals surface area contributed by atoms with E-state index in [2.05, 4.69) is 10.3 Å². The first kappa shape index (κ1) is 7.63. The molecule has 0 bridgehead atoms. The van der Waals surface area contributed by atoms with Crippen LogP contribution in [0.1, 0.15) is 11.4 Å². The Kier molecular flexibility index (Phi) is 1.67.